The molecular formula is C15H13BrN4. The lowest BCUT2D eigenvalue weighted by Crippen LogP contribution is -1.98. The molecule has 20 heavy (non-hydrogen) atoms. The van der Waals surface area contributed by atoms with E-state index < -0.39 is 0 Å². The largest absolute Gasteiger partial charge is 0.396 e. The SMILES string of the molecule is Cc1ccnc(-n2cc(N)c(-c3ccccc3Br)n2)c1. The Balaban J connectivity index is 2.10. The first-order chi connectivity index (χ1) is 9.65. The summed E-state index contributed by atoms with van der Waals surface area (Å²) < 4.78 is 2.67. The van der Waals surface area contributed by atoms with Gasteiger partial charge in [-0.15, -0.1) is 0 Å². The molecule has 0 spiro atoms. The third-order valence-corrected chi connectivity index (χ3v) is 3.70. The van der Waals surface area contributed by atoms with Gasteiger partial charge in [0, 0.05) is 16.2 Å². The predicted molar refractivity (Wildman–Crippen MR) is 83.6 cm³/mol. The van der Waals surface area contributed by atoms with Gasteiger partial charge in [0.15, 0.2) is 5.82 Å². The average Bonchev–Trinajstić information content (AvgIpc) is 2.81. The van der Waals surface area contributed by atoms with Crippen molar-refractivity contribution >= 4 is 21.6 Å². The molecule has 0 fully saturated rings. The molecule has 0 amide bonds. The van der Waals surface area contributed by atoms with Crippen LogP contribution in [0.2, 0.25) is 0 Å². The van der Waals surface area contributed by atoms with Gasteiger partial charge in [-0.05, 0) is 30.7 Å². The summed E-state index contributed by atoms with van der Waals surface area (Å²) in [5.41, 5.74) is 9.56. The number of anilines is 1. The molecule has 1 aromatic carbocycles. The van der Waals surface area contributed by atoms with Gasteiger partial charge in [-0.25, -0.2) is 9.67 Å². The molecule has 2 N–H and O–H groups in total. The smallest absolute Gasteiger partial charge is 0.153 e. The van der Waals surface area contributed by atoms with Gasteiger partial charge in [-0.3, -0.25) is 0 Å². The quantitative estimate of drug-likeness (QED) is 0.782. The van der Waals surface area contributed by atoms with Gasteiger partial charge in [0.05, 0.1) is 11.9 Å². The Morgan fingerprint density at radius 3 is 2.75 bits per heavy atom. The molecule has 3 rings (SSSR count). The van der Waals surface area contributed by atoms with Gasteiger partial charge in [0.1, 0.15) is 5.69 Å². The molecule has 100 valence electrons. The number of rotatable bonds is 2. The van der Waals surface area contributed by atoms with Crippen LogP contribution in [0, 0.1) is 6.92 Å². The minimum atomic E-state index is 0.625. The van der Waals surface area contributed by atoms with Crippen molar-refractivity contribution < 1.29 is 0 Å². The number of hydrogen-bond donors (Lipinski definition) is 1. The zero-order valence-electron chi connectivity index (χ0n) is 10.9. The van der Waals surface area contributed by atoms with E-state index >= 15 is 0 Å². The van der Waals surface area contributed by atoms with Crippen LogP contribution in [0.4, 0.5) is 5.69 Å². The van der Waals surface area contributed by atoms with Crippen LogP contribution in [0.5, 0.6) is 0 Å². The molecule has 4 nitrogen and oxygen atoms in total. The van der Waals surface area contributed by atoms with E-state index in [0.29, 0.717) is 5.69 Å². The molecule has 0 radical (unpaired) electrons. The fraction of sp³-hybridized carbons (Fsp3) is 0.0667. The molecule has 0 aliphatic rings. The topological polar surface area (TPSA) is 56.7 Å². The Morgan fingerprint density at radius 1 is 1.20 bits per heavy atom. The molecule has 0 saturated carbocycles. The molecule has 2 aromatic heterocycles. The van der Waals surface area contributed by atoms with E-state index in [2.05, 4.69) is 26.0 Å². The maximum Gasteiger partial charge on any atom is 0.153 e. The Kier molecular flexibility index (Phi) is 3.28. The summed E-state index contributed by atoms with van der Waals surface area (Å²) in [6.45, 7) is 2.02. The summed E-state index contributed by atoms with van der Waals surface area (Å²) in [6, 6.07) is 11.8. The van der Waals surface area contributed by atoms with Crippen molar-refractivity contribution in [2.24, 2.45) is 0 Å². The number of nitrogens with two attached hydrogens (primary N) is 1. The fourth-order valence-corrected chi connectivity index (χ4v) is 2.49. The number of hydrogen-bond acceptors (Lipinski definition) is 3. The van der Waals surface area contributed by atoms with E-state index in [0.717, 1.165) is 27.1 Å². The van der Waals surface area contributed by atoms with Crippen molar-refractivity contribution in [3.05, 3.63) is 58.8 Å². The van der Waals surface area contributed by atoms with Crippen LogP contribution in [0.25, 0.3) is 17.1 Å². The maximum absolute atomic E-state index is 6.09. The lowest BCUT2D eigenvalue weighted by molar-refractivity contribution is 0.848. The monoisotopic (exact) mass is 328 g/mol. The van der Waals surface area contributed by atoms with Crippen molar-refractivity contribution in [2.75, 3.05) is 5.73 Å². The standard InChI is InChI=1S/C15H13BrN4/c1-10-6-7-18-14(8-10)20-9-13(17)15(19-20)11-4-2-3-5-12(11)16/h2-9H,17H2,1H3. The van der Waals surface area contributed by atoms with Crippen molar-refractivity contribution in [3.63, 3.8) is 0 Å². The molecule has 5 heteroatoms. The van der Waals surface area contributed by atoms with Gasteiger partial charge >= 0.3 is 0 Å². The first kappa shape index (κ1) is 12.9. The number of nitrogen functional groups attached to an aromatic ring is 1. The second-order valence-corrected chi connectivity index (χ2v) is 5.40. The number of nitrogens with zero attached hydrogens (tertiary/aromatic N) is 3. The van der Waals surface area contributed by atoms with Crippen LogP contribution in [0.3, 0.4) is 0 Å². The van der Waals surface area contributed by atoms with E-state index in [9.17, 15) is 0 Å². The first-order valence-corrected chi connectivity index (χ1v) is 6.97. The molecule has 0 bridgehead atoms. The lowest BCUT2D eigenvalue weighted by Gasteiger charge is -2.02. The zero-order chi connectivity index (χ0) is 14.1. The highest BCUT2D eigenvalue weighted by atomic mass is 79.9. The molecule has 0 aliphatic carbocycles. The van der Waals surface area contributed by atoms with Gasteiger partial charge in [0.25, 0.3) is 0 Å². The van der Waals surface area contributed by atoms with Gasteiger partial charge in [0.2, 0.25) is 0 Å². The number of halogens is 1. The summed E-state index contributed by atoms with van der Waals surface area (Å²) in [5.74, 6) is 0.759. The average molecular weight is 329 g/mol. The van der Waals surface area contributed by atoms with E-state index in [4.69, 9.17) is 5.73 Å². The van der Waals surface area contributed by atoms with Crippen LogP contribution in [-0.4, -0.2) is 14.8 Å². The number of aryl methyl sites for hydroxylation is 1. The van der Waals surface area contributed by atoms with Gasteiger partial charge in [-0.1, -0.05) is 34.1 Å². The molecule has 0 saturated heterocycles. The van der Waals surface area contributed by atoms with Crippen molar-refractivity contribution in [2.45, 2.75) is 6.92 Å². The van der Waals surface area contributed by atoms with Crippen LogP contribution < -0.4 is 5.73 Å². The number of pyridine rings is 1. The highest BCUT2D eigenvalue weighted by Crippen LogP contribution is 2.31. The maximum atomic E-state index is 6.09. The molecule has 0 aliphatic heterocycles. The van der Waals surface area contributed by atoms with Crippen molar-refractivity contribution in [3.8, 4) is 17.1 Å². The van der Waals surface area contributed by atoms with Gasteiger partial charge in [-0.2, -0.15) is 5.10 Å². The highest BCUT2D eigenvalue weighted by molar-refractivity contribution is 9.10. The Labute approximate surface area is 125 Å². The van der Waals surface area contributed by atoms with Crippen LogP contribution in [0.15, 0.2) is 53.3 Å². The Hall–Kier alpha value is -2.14. The Morgan fingerprint density at radius 2 is 2.00 bits per heavy atom. The summed E-state index contributed by atoms with van der Waals surface area (Å²) in [5, 5.41) is 4.55. The minimum absolute atomic E-state index is 0.625. The molecule has 2 heterocycles. The minimum Gasteiger partial charge on any atom is -0.396 e. The summed E-state index contributed by atoms with van der Waals surface area (Å²) in [7, 11) is 0. The Bertz CT molecular complexity index is 764. The number of benzene rings is 1. The van der Waals surface area contributed by atoms with Crippen molar-refractivity contribution in [1.82, 2.24) is 14.8 Å². The summed E-state index contributed by atoms with van der Waals surface area (Å²) in [6.07, 6.45) is 3.55. The molecule has 0 unspecified atom stereocenters. The predicted octanol–water partition coefficient (Wildman–Crippen LogP) is 3.59. The summed E-state index contributed by atoms with van der Waals surface area (Å²) >= 11 is 3.52. The molecule has 0 atom stereocenters. The van der Waals surface area contributed by atoms with Crippen LogP contribution >= 0.6 is 15.9 Å². The van der Waals surface area contributed by atoms with E-state index in [1.807, 2.05) is 43.3 Å². The molecule has 3 aromatic rings. The normalized spacial score (nSPS) is 10.7. The number of aromatic nitrogens is 3. The third-order valence-electron chi connectivity index (χ3n) is 3.01. The third kappa shape index (κ3) is 2.32. The second-order valence-electron chi connectivity index (χ2n) is 4.55. The fourth-order valence-electron chi connectivity index (χ4n) is 2.01. The van der Waals surface area contributed by atoms with Gasteiger partial charge < -0.3 is 5.73 Å². The molecular weight excluding hydrogens is 316 g/mol. The van der Waals surface area contributed by atoms with E-state index in [-0.39, 0.29) is 0 Å². The highest BCUT2D eigenvalue weighted by Gasteiger charge is 2.12. The second kappa shape index (κ2) is 5.09. The van der Waals surface area contributed by atoms with Crippen LogP contribution in [-0.2, 0) is 0 Å². The van der Waals surface area contributed by atoms with E-state index in [1.54, 1.807) is 17.1 Å². The van der Waals surface area contributed by atoms with Crippen molar-refractivity contribution in [1.29, 1.82) is 0 Å². The summed E-state index contributed by atoms with van der Waals surface area (Å²) in [4.78, 5) is 4.31. The van der Waals surface area contributed by atoms with Crippen LogP contribution in [0.1, 0.15) is 5.56 Å². The first-order valence-electron chi connectivity index (χ1n) is 6.18. The zero-order valence-corrected chi connectivity index (χ0v) is 12.5. The lowest BCUT2D eigenvalue weighted by atomic mass is 10.1. The van der Waals surface area contributed by atoms with E-state index in [1.165, 1.54) is 0 Å².